The minimum Gasteiger partial charge on any atom is -0.338 e. The molecule has 0 aromatic carbocycles. The Morgan fingerprint density at radius 1 is 1.57 bits per heavy atom. The van der Waals surface area contributed by atoms with Crippen LogP contribution in [-0.2, 0) is 14.8 Å². The topological polar surface area (TPSA) is 80.5 Å². The third-order valence-corrected chi connectivity index (χ3v) is 3.64. The molecule has 0 saturated carbocycles. The van der Waals surface area contributed by atoms with Gasteiger partial charge >= 0.3 is 0 Å². The van der Waals surface area contributed by atoms with Gasteiger partial charge < -0.3 is 4.90 Å². The van der Waals surface area contributed by atoms with Crippen molar-refractivity contribution in [1.82, 2.24) is 4.90 Å². The molecule has 2 N–H and O–H groups in total. The largest absolute Gasteiger partial charge is 0.338 e. The van der Waals surface area contributed by atoms with Crippen LogP contribution in [-0.4, -0.2) is 37.6 Å². The highest BCUT2D eigenvalue weighted by Gasteiger charge is 2.29. The number of nitrogens with two attached hydrogens (primary N) is 1. The number of likely N-dealkylation sites (tertiary alicyclic amines) is 1. The van der Waals surface area contributed by atoms with Crippen LogP contribution in [0.2, 0.25) is 0 Å². The van der Waals surface area contributed by atoms with E-state index in [9.17, 15) is 13.2 Å². The van der Waals surface area contributed by atoms with E-state index < -0.39 is 15.3 Å². The Hall–Kier alpha value is -0.880. The number of nitrogens with zero attached hydrogens (tertiary/aromatic N) is 1. The molecule has 1 fully saturated rings. The van der Waals surface area contributed by atoms with Gasteiger partial charge in [0, 0.05) is 13.1 Å². The maximum absolute atomic E-state index is 11.2. The SMILES string of the molecule is C=CC(=O)N1CCCC(S(N)(=O)=O)C1. The summed E-state index contributed by atoms with van der Waals surface area (Å²) in [6, 6.07) is 0. The molecule has 0 spiro atoms. The molecule has 1 atom stereocenters. The number of carbonyl (C=O) groups excluding carboxylic acids is 1. The molecule has 14 heavy (non-hydrogen) atoms. The summed E-state index contributed by atoms with van der Waals surface area (Å²) in [4.78, 5) is 12.7. The summed E-state index contributed by atoms with van der Waals surface area (Å²) in [5, 5.41) is 4.40. The zero-order chi connectivity index (χ0) is 10.8. The maximum atomic E-state index is 11.2. The molecule has 5 nitrogen and oxygen atoms in total. The summed E-state index contributed by atoms with van der Waals surface area (Å²) < 4.78 is 22.1. The average molecular weight is 218 g/mol. The molecule has 80 valence electrons. The Labute approximate surface area is 83.6 Å². The zero-order valence-corrected chi connectivity index (χ0v) is 8.66. The van der Waals surface area contributed by atoms with Gasteiger partial charge in [0.05, 0.1) is 5.25 Å². The molecule has 0 aromatic heterocycles. The zero-order valence-electron chi connectivity index (χ0n) is 7.85. The lowest BCUT2D eigenvalue weighted by Crippen LogP contribution is -2.46. The summed E-state index contributed by atoms with van der Waals surface area (Å²) in [5.41, 5.74) is 0. The number of sulfonamides is 1. The fourth-order valence-corrected chi connectivity index (χ4v) is 2.42. The summed E-state index contributed by atoms with van der Waals surface area (Å²) in [7, 11) is -3.53. The van der Waals surface area contributed by atoms with Crippen molar-refractivity contribution < 1.29 is 13.2 Å². The maximum Gasteiger partial charge on any atom is 0.245 e. The van der Waals surface area contributed by atoms with Gasteiger partial charge in [-0.15, -0.1) is 0 Å². The first kappa shape index (κ1) is 11.2. The lowest BCUT2D eigenvalue weighted by Gasteiger charge is -2.30. The number of hydrogen-bond donors (Lipinski definition) is 1. The molecule has 1 unspecified atom stereocenters. The van der Waals surface area contributed by atoms with Crippen LogP contribution >= 0.6 is 0 Å². The van der Waals surface area contributed by atoms with E-state index in [1.165, 1.54) is 11.0 Å². The fraction of sp³-hybridized carbons (Fsp3) is 0.625. The van der Waals surface area contributed by atoms with Crippen molar-refractivity contribution in [3.8, 4) is 0 Å². The summed E-state index contributed by atoms with van der Waals surface area (Å²) in [6.07, 6.45) is 2.38. The van der Waals surface area contributed by atoms with Gasteiger partial charge in [-0.3, -0.25) is 4.79 Å². The van der Waals surface area contributed by atoms with Crippen molar-refractivity contribution in [2.24, 2.45) is 5.14 Å². The molecule has 1 saturated heterocycles. The summed E-state index contributed by atoms with van der Waals surface area (Å²) >= 11 is 0. The van der Waals surface area contributed by atoms with Gasteiger partial charge in [0.1, 0.15) is 0 Å². The first-order chi connectivity index (χ1) is 6.45. The Balaban J connectivity index is 2.70. The molecule has 0 aromatic rings. The van der Waals surface area contributed by atoms with E-state index in [-0.39, 0.29) is 12.5 Å². The van der Waals surface area contributed by atoms with Gasteiger partial charge in [0.2, 0.25) is 15.9 Å². The van der Waals surface area contributed by atoms with Crippen LogP contribution in [0.5, 0.6) is 0 Å². The van der Waals surface area contributed by atoms with Crippen LogP contribution in [0.1, 0.15) is 12.8 Å². The fourth-order valence-electron chi connectivity index (χ4n) is 1.54. The Morgan fingerprint density at radius 3 is 2.71 bits per heavy atom. The predicted octanol–water partition coefficient (Wildman–Crippen LogP) is -0.548. The number of rotatable bonds is 2. The van der Waals surface area contributed by atoms with E-state index in [4.69, 9.17) is 5.14 Å². The molecule has 0 radical (unpaired) electrons. The van der Waals surface area contributed by atoms with Gasteiger partial charge in [-0.2, -0.15) is 0 Å². The second-order valence-corrected chi connectivity index (χ2v) is 5.19. The van der Waals surface area contributed by atoms with Crippen molar-refractivity contribution in [2.75, 3.05) is 13.1 Å². The number of primary sulfonamides is 1. The lowest BCUT2D eigenvalue weighted by molar-refractivity contribution is -0.126. The molecule has 6 heteroatoms. The van der Waals surface area contributed by atoms with E-state index in [1.54, 1.807) is 0 Å². The van der Waals surface area contributed by atoms with Crippen LogP contribution in [0.15, 0.2) is 12.7 Å². The van der Waals surface area contributed by atoms with Crippen LogP contribution in [0, 0.1) is 0 Å². The number of hydrogen-bond acceptors (Lipinski definition) is 3. The Kier molecular flexibility index (Phi) is 3.28. The predicted molar refractivity (Wildman–Crippen MR) is 52.9 cm³/mol. The van der Waals surface area contributed by atoms with E-state index in [1.807, 2.05) is 0 Å². The van der Waals surface area contributed by atoms with Crippen molar-refractivity contribution in [3.63, 3.8) is 0 Å². The van der Waals surface area contributed by atoms with Crippen LogP contribution in [0.3, 0.4) is 0 Å². The summed E-state index contributed by atoms with van der Waals surface area (Å²) in [6.45, 7) is 4.12. The number of piperidine rings is 1. The highest BCUT2D eigenvalue weighted by Crippen LogP contribution is 2.15. The van der Waals surface area contributed by atoms with Crippen LogP contribution < -0.4 is 5.14 Å². The molecule has 1 rings (SSSR count). The molecule has 1 aliphatic heterocycles. The van der Waals surface area contributed by atoms with E-state index in [0.29, 0.717) is 19.4 Å². The third-order valence-electron chi connectivity index (χ3n) is 2.33. The minimum absolute atomic E-state index is 0.184. The summed E-state index contributed by atoms with van der Waals surface area (Å²) in [5.74, 6) is -0.238. The normalized spacial score (nSPS) is 23.2. The second-order valence-electron chi connectivity index (χ2n) is 3.34. The third kappa shape index (κ3) is 2.55. The molecular formula is C8H14N2O3S. The Morgan fingerprint density at radius 2 is 2.21 bits per heavy atom. The van der Waals surface area contributed by atoms with Crippen molar-refractivity contribution in [3.05, 3.63) is 12.7 Å². The average Bonchev–Trinajstić information content (AvgIpc) is 2.15. The monoisotopic (exact) mass is 218 g/mol. The van der Waals surface area contributed by atoms with Gasteiger partial charge in [0.15, 0.2) is 0 Å². The van der Waals surface area contributed by atoms with Crippen molar-refractivity contribution >= 4 is 15.9 Å². The smallest absolute Gasteiger partial charge is 0.245 e. The second kappa shape index (κ2) is 4.10. The molecular weight excluding hydrogens is 204 g/mol. The first-order valence-electron chi connectivity index (χ1n) is 4.38. The number of carbonyl (C=O) groups is 1. The Bertz CT molecular complexity index is 336. The van der Waals surface area contributed by atoms with Gasteiger partial charge in [0.25, 0.3) is 0 Å². The quantitative estimate of drug-likeness (QED) is 0.631. The van der Waals surface area contributed by atoms with Gasteiger partial charge in [-0.25, -0.2) is 13.6 Å². The highest BCUT2D eigenvalue weighted by molar-refractivity contribution is 7.89. The number of amides is 1. The van der Waals surface area contributed by atoms with Crippen molar-refractivity contribution in [2.45, 2.75) is 18.1 Å². The molecule has 0 bridgehead atoms. The molecule has 0 aliphatic carbocycles. The molecule has 1 amide bonds. The standard InChI is InChI=1S/C8H14N2O3S/c1-2-8(11)10-5-3-4-7(6-10)14(9,12)13/h2,7H,1,3-6H2,(H2,9,12,13). The molecule has 1 aliphatic rings. The lowest BCUT2D eigenvalue weighted by atomic mass is 10.1. The molecule has 1 heterocycles. The minimum atomic E-state index is -3.53. The van der Waals surface area contributed by atoms with E-state index in [0.717, 1.165) is 0 Å². The van der Waals surface area contributed by atoms with E-state index in [2.05, 4.69) is 6.58 Å². The highest BCUT2D eigenvalue weighted by atomic mass is 32.2. The van der Waals surface area contributed by atoms with Crippen molar-refractivity contribution in [1.29, 1.82) is 0 Å². The van der Waals surface area contributed by atoms with E-state index >= 15 is 0 Å². The van der Waals surface area contributed by atoms with Gasteiger partial charge in [-0.05, 0) is 18.9 Å². The van der Waals surface area contributed by atoms with Crippen LogP contribution in [0.25, 0.3) is 0 Å². The first-order valence-corrected chi connectivity index (χ1v) is 5.99. The van der Waals surface area contributed by atoms with Gasteiger partial charge in [-0.1, -0.05) is 6.58 Å². The van der Waals surface area contributed by atoms with Crippen LogP contribution in [0.4, 0.5) is 0 Å².